The van der Waals surface area contributed by atoms with Crippen LogP contribution >= 0.6 is 0 Å². The number of benzene rings is 1. The van der Waals surface area contributed by atoms with Crippen molar-refractivity contribution >= 4 is 5.91 Å². The Morgan fingerprint density at radius 1 is 1.33 bits per heavy atom. The van der Waals surface area contributed by atoms with E-state index >= 15 is 0 Å². The summed E-state index contributed by atoms with van der Waals surface area (Å²) >= 11 is 0. The number of halogens is 4. The molecule has 0 aliphatic heterocycles. The van der Waals surface area contributed by atoms with E-state index in [9.17, 15) is 22.4 Å². The standard InChI is InChI=1S/C15H15F4N3O2/c1-2-24-12-4-3-10(7-11(12)16)8-20-14(23)9-22-6-5-13(21-22)15(17,18)19/h3-7H,2,8-9H2,1H3,(H,20,23). The van der Waals surface area contributed by atoms with Crippen molar-refractivity contribution in [2.24, 2.45) is 0 Å². The Hall–Kier alpha value is -2.58. The third kappa shape index (κ3) is 4.71. The highest BCUT2D eigenvalue weighted by Crippen LogP contribution is 2.27. The lowest BCUT2D eigenvalue weighted by molar-refractivity contribution is -0.141. The van der Waals surface area contributed by atoms with E-state index in [0.717, 1.165) is 16.9 Å². The molecule has 1 aromatic carbocycles. The smallest absolute Gasteiger partial charge is 0.435 e. The zero-order valence-electron chi connectivity index (χ0n) is 12.7. The van der Waals surface area contributed by atoms with Gasteiger partial charge in [-0.05, 0) is 30.7 Å². The van der Waals surface area contributed by atoms with Crippen molar-refractivity contribution in [3.63, 3.8) is 0 Å². The van der Waals surface area contributed by atoms with Crippen LogP contribution in [-0.2, 0) is 24.1 Å². The van der Waals surface area contributed by atoms with Crippen LogP contribution in [0.3, 0.4) is 0 Å². The molecule has 0 saturated carbocycles. The van der Waals surface area contributed by atoms with Gasteiger partial charge in [0.25, 0.3) is 0 Å². The summed E-state index contributed by atoms with van der Waals surface area (Å²) in [5, 5.41) is 5.76. The van der Waals surface area contributed by atoms with E-state index in [1.54, 1.807) is 13.0 Å². The van der Waals surface area contributed by atoms with Crippen molar-refractivity contribution in [2.75, 3.05) is 6.61 Å². The molecule has 0 spiro atoms. The van der Waals surface area contributed by atoms with E-state index in [4.69, 9.17) is 4.74 Å². The predicted molar refractivity (Wildman–Crippen MR) is 76.6 cm³/mol. The summed E-state index contributed by atoms with van der Waals surface area (Å²) < 4.78 is 56.8. The van der Waals surface area contributed by atoms with E-state index in [-0.39, 0.29) is 18.8 Å². The predicted octanol–water partition coefficient (Wildman–Crippen LogP) is 2.76. The third-order valence-corrected chi connectivity index (χ3v) is 3.02. The van der Waals surface area contributed by atoms with Crippen LogP contribution in [-0.4, -0.2) is 22.3 Å². The highest BCUT2D eigenvalue weighted by molar-refractivity contribution is 5.75. The molecule has 0 saturated heterocycles. The van der Waals surface area contributed by atoms with Gasteiger partial charge in [0.05, 0.1) is 6.61 Å². The minimum Gasteiger partial charge on any atom is -0.491 e. The van der Waals surface area contributed by atoms with E-state index in [1.165, 1.54) is 12.1 Å². The molecule has 2 aromatic rings. The molecular weight excluding hydrogens is 330 g/mol. The van der Waals surface area contributed by atoms with Gasteiger partial charge in [-0.25, -0.2) is 4.39 Å². The molecule has 24 heavy (non-hydrogen) atoms. The van der Waals surface area contributed by atoms with Gasteiger partial charge in [-0.1, -0.05) is 6.07 Å². The molecule has 9 heteroatoms. The lowest BCUT2D eigenvalue weighted by Gasteiger charge is -2.08. The molecule has 0 aliphatic carbocycles. The summed E-state index contributed by atoms with van der Waals surface area (Å²) in [5.41, 5.74) is -0.565. The molecule has 0 atom stereocenters. The van der Waals surface area contributed by atoms with Crippen molar-refractivity contribution in [2.45, 2.75) is 26.2 Å². The molecule has 0 fully saturated rings. The zero-order valence-corrected chi connectivity index (χ0v) is 12.7. The normalized spacial score (nSPS) is 11.4. The number of nitrogens with one attached hydrogen (secondary N) is 1. The molecule has 0 radical (unpaired) electrons. The zero-order chi connectivity index (χ0) is 17.7. The molecule has 1 heterocycles. The number of rotatable bonds is 6. The summed E-state index contributed by atoms with van der Waals surface area (Å²) in [4.78, 5) is 11.7. The van der Waals surface area contributed by atoms with Gasteiger partial charge in [0, 0.05) is 12.7 Å². The fraction of sp³-hybridized carbons (Fsp3) is 0.333. The number of amides is 1. The van der Waals surface area contributed by atoms with Crippen LogP contribution in [0.25, 0.3) is 0 Å². The Labute approximate surface area is 135 Å². The number of ether oxygens (including phenoxy) is 1. The average molecular weight is 345 g/mol. The fourth-order valence-electron chi connectivity index (χ4n) is 1.93. The second kappa shape index (κ2) is 7.33. The Bertz CT molecular complexity index is 713. The van der Waals surface area contributed by atoms with Crippen LogP contribution in [0.15, 0.2) is 30.5 Å². The Kier molecular flexibility index (Phi) is 5.42. The van der Waals surface area contributed by atoms with Gasteiger partial charge < -0.3 is 10.1 Å². The number of nitrogens with zero attached hydrogens (tertiary/aromatic N) is 2. The van der Waals surface area contributed by atoms with Gasteiger partial charge in [-0.2, -0.15) is 18.3 Å². The summed E-state index contributed by atoms with van der Waals surface area (Å²) in [7, 11) is 0. The molecular formula is C15H15F4N3O2. The number of carbonyl (C=O) groups excluding carboxylic acids is 1. The van der Waals surface area contributed by atoms with Crippen molar-refractivity contribution in [3.8, 4) is 5.75 Å². The van der Waals surface area contributed by atoms with E-state index in [1.807, 2.05) is 0 Å². The summed E-state index contributed by atoms with van der Waals surface area (Å²) in [6.07, 6.45) is -3.49. The van der Waals surface area contributed by atoms with Crippen LogP contribution in [0, 0.1) is 5.82 Å². The Morgan fingerprint density at radius 2 is 2.08 bits per heavy atom. The van der Waals surface area contributed by atoms with Crippen molar-refractivity contribution in [3.05, 3.63) is 47.5 Å². The van der Waals surface area contributed by atoms with Crippen LogP contribution in [0.1, 0.15) is 18.2 Å². The maximum atomic E-state index is 13.7. The first-order valence-electron chi connectivity index (χ1n) is 7.08. The Morgan fingerprint density at radius 3 is 2.67 bits per heavy atom. The highest BCUT2D eigenvalue weighted by atomic mass is 19.4. The lowest BCUT2D eigenvalue weighted by Crippen LogP contribution is -2.27. The van der Waals surface area contributed by atoms with Crippen LogP contribution in [0.2, 0.25) is 0 Å². The minimum absolute atomic E-state index is 0.0373. The van der Waals surface area contributed by atoms with E-state index in [0.29, 0.717) is 12.2 Å². The Balaban J connectivity index is 1.89. The van der Waals surface area contributed by atoms with Crippen LogP contribution in [0.4, 0.5) is 17.6 Å². The lowest BCUT2D eigenvalue weighted by atomic mass is 10.2. The number of aromatic nitrogens is 2. The maximum Gasteiger partial charge on any atom is 0.435 e. The molecule has 1 amide bonds. The summed E-state index contributed by atoms with van der Waals surface area (Å²) in [5.74, 6) is -0.976. The van der Waals surface area contributed by atoms with Crippen LogP contribution < -0.4 is 10.1 Å². The van der Waals surface area contributed by atoms with Crippen molar-refractivity contribution in [1.29, 1.82) is 0 Å². The topological polar surface area (TPSA) is 56.1 Å². The second-order valence-electron chi connectivity index (χ2n) is 4.87. The number of alkyl halides is 3. The van der Waals surface area contributed by atoms with Gasteiger partial charge >= 0.3 is 6.18 Å². The first kappa shape index (κ1) is 17.8. The molecule has 0 unspecified atom stereocenters. The molecule has 5 nitrogen and oxygen atoms in total. The minimum atomic E-state index is -4.55. The third-order valence-electron chi connectivity index (χ3n) is 3.02. The van der Waals surface area contributed by atoms with Gasteiger partial charge in [-0.15, -0.1) is 0 Å². The molecule has 1 N–H and O–H groups in total. The number of carbonyl (C=O) groups is 1. The summed E-state index contributed by atoms with van der Waals surface area (Å²) in [6, 6.07) is 5.05. The fourth-order valence-corrected chi connectivity index (χ4v) is 1.93. The van der Waals surface area contributed by atoms with Gasteiger partial charge in [0.1, 0.15) is 6.54 Å². The van der Waals surface area contributed by atoms with Crippen molar-refractivity contribution < 1.29 is 27.1 Å². The second-order valence-corrected chi connectivity index (χ2v) is 4.87. The molecule has 130 valence electrons. The average Bonchev–Trinajstić information content (AvgIpc) is 2.96. The maximum absolute atomic E-state index is 13.7. The number of hydrogen-bond acceptors (Lipinski definition) is 3. The SMILES string of the molecule is CCOc1ccc(CNC(=O)Cn2ccc(C(F)(F)F)n2)cc1F. The van der Waals surface area contributed by atoms with Crippen LogP contribution in [0.5, 0.6) is 5.75 Å². The first-order chi connectivity index (χ1) is 11.3. The van der Waals surface area contributed by atoms with E-state index < -0.39 is 23.6 Å². The van der Waals surface area contributed by atoms with E-state index in [2.05, 4.69) is 10.4 Å². The molecule has 2 rings (SSSR count). The monoisotopic (exact) mass is 345 g/mol. The van der Waals surface area contributed by atoms with Gasteiger partial charge in [0.15, 0.2) is 17.3 Å². The molecule has 1 aromatic heterocycles. The largest absolute Gasteiger partial charge is 0.491 e. The van der Waals surface area contributed by atoms with Gasteiger partial charge in [-0.3, -0.25) is 9.48 Å². The first-order valence-corrected chi connectivity index (χ1v) is 7.08. The van der Waals surface area contributed by atoms with Gasteiger partial charge in [0.2, 0.25) is 5.91 Å². The van der Waals surface area contributed by atoms with Crippen molar-refractivity contribution in [1.82, 2.24) is 15.1 Å². The molecule has 0 aliphatic rings. The molecule has 0 bridgehead atoms. The number of hydrogen-bond donors (Lipinski definition) is 1. The summed E-state index contributed by atoms with van der Waals surface area (Å²) in [6.45, 7) is 1.73. The highest BCUT2D eigenvalue weighted by Gasteiger charge is 2.33. The quantitative estimate of drug-likeness (QED) is 0.819.